The average molecular weight is 346 g/mol. The summed E-state index contributed by atoms with van der Waals surface area (Å²) in [5.74, 6) is 3.00. The molecule has 0 aromatic carbocycles. The van der Waals surface area contributed by atoms with Crippen molar-refractivity contribution in [2.75, 3.05) is 0 Å². The van der Waals surface area contributed by atoms with Crippen LogP contribution in [-0.4, -0.2) is 12.1 Å². The molecule has 0 aliphatic heterocycles. The summed E-state index contributed by atoms with van der Waals surface area (Å²) in [5, 5.41) is 9.04. The Kier molecular flexibility index (Phi) is 6.79. The molecule has 0 saturated heterocycles. The van der Waals surface area contributed by atoms with Gasteiger partial charge in [0.25, 0.3) is 0 Å². The van der Waals surface area contributed by atoms with Gasteiger partial charge in [0.1, 0.15) is 6.10 Å². The van der Waals surface area contributed by atoms with Crippen LogP contribution in [0.25, 0.3) is 0 Å². The van der Waals surface area contributed by atoms with E-state index in [-0.39, 0.29) is 18.0 Å². The Morgan fingerprint density at radius 2 is 1.44 bits per heavy atom. The van der Waals surface area contributed by atoms with Crippen molar-refractivity contribution in [1.29, 1.82) is 5.26 Å². The predicted octanol–water partition coefficient (Wildman–Crippen LogP) is 5.63. The molecule has 3 rings (SSSR count). The lowest BCUT2D eigenvalue weighted by Crippen LogP contribution is -2.32. The molecule has 0 aromatic rings. The summed E-state index contributed by atoms with van der Waals surface area (Å²) in [4.78, 5) is 12.5. The van der Waals surface area contributed by atoms with E-state index in [4.69, 9.17) is 10.00 Å². The fraction of sp³-hybridized carbons (Fsp3) is 0.909. The molecule has 3 aliphatic carbocycles. The highest BCUT2D eigenvalue weighted by molar-refractivity contribution is 5.72. The molecule has 0 radical (unpaired) electrons. The van der Waals surface area contributed by atoms with Gasteiger partial charge in [0.15, 0.2) is 0 Å². The number of esters is 1. The molecule has 0 aromatic heterocycles. The SMILES string of the molecule is CCC1CCC(C(=O)OC2CCC(C3CCC(C#N)CC3)CC2)CC1. The summed E-state index contributed by atoms with van der Waals surface area (Å²) in [6.07, 6.45) is 15.1. The quantitative estimate of drug-likeness (QED) is 0.620. The first-order chi connectivity index (χ1) is 12.2. The molecular formula is C22H35NO2. The molecular weight excluding hydrogens is 310 g/mol. The van der Waals surface area contributed by atoms with Crippen LogP contribution in [0.2, 0.25) is 0 Å². The number of hydrogen-bond acceptors (Lipinski definition) is 3. The van der Waals surface area contributed by atoms with Gasteiger partial charge in [-0.15, -0.1) is 0 Å². The number of hydrogen-bond donors (Lipinski definition) is 0. The fourth-order valence-electron chi connectivity index (χ4n) is 5.46. The van der Waals surface area contributed by atoms with Gasteiger partial charge in [-0.25, -0.2) is 0 Å². The van der Waals surface area contributed by atoms with Gasteiger partial charge in [-0.3, -0.25) is 4.79 Å². The van der Waals surface area contributed by atoms with Gasteiger partial charge in [0.2, 0.25) is 0 Å². The van der Waals surface area contributed by atoms with Crippen LogP contribution in [-0.2, 0) is 9.53 Å². The van der Waals surface area contributed by atoms with E-state index >= 15 is 0 Å². The standard InChI is InChI=1S/C22H35NO2/c1-2-16-3-9-20(10-4-16)22(24)25-21-13-11-19(12-14-21)18-7-5-17(15-23)6-8-18/h16-21H,2-14H2,1H3. The van der Waals surface area contributed by atoms with Crippen LogP contribution in [0.1, 0.15) is 90.4 Å². The van der Waals surface area contributed by atoms with Crippen molar-refractivity contribution in [1.82, 2.24) is 0 Å². The topological polar surface area (TPSA) is 50.1 Å². The van der Waals surface area contributed by atoms with E-state index in [0.717, 1.165) is 56.3 Å². The highest BCUT2D eigenvalue weighted by atomic mass is 16.5. The summed E-state index contributed by atoms with van der Waals surface area (Å²) in [6, 6.07) is 2.44. The molecule has 3 fully saturated rings. The fourth-order valence-corrected chi connectivity index (χ4v) is 5.46. The molecule has 3 aliphatic rings. The molecule has 25 heavy (non-hydrogen) atoms. The van der Waals surface area contributed by atoms with Crippen molar-refractivity contribution in [2.45, 2.75) is 96.5 Å². The van der Waals surface area contributed by atoms with Crippen molar-refractivity contribution in [3.8, 4) is 6.07 Å². The minimum absolute atomic E-state index is 0.0903. The molecule has 3 nitrogen and oxygen atoms in total. The minimum Gasteiger partial charge on any atom is -0.462 e. The van der Waals surface area contributed by atoms with Crippen LogP contribution >= 0.6 is 0 Å². The molecule has 0 bridgehead atoms. The van der Waals surface area contributed by atoms with Crippen LogP contribution in [0.4, 0.5) is 0 Å². The van der Waals surface area contributed by atoms with E-state index in [1.807, 2.05) is 0 Å². The Morgan fingerprint density at radius 1 is 0.880 bits per heavy atom. The van der Waals surface area contributed by atoms with E-state index < -0.39 is 0 Å². The Labute approximate surface area is 153 Å². The zero-order chi connectivity index (χ0) is 17.6. The molecule has 140 valence electrons. The number of nitrogens with zero attached hydrogens (tertiary/aromatic N) is 1. The van der Waals surface area contributed by atoms with Crippen molar-refractivity contribution in [3.63, 3.8) is 0 Å². The molecule has 0 unspecified atom stereocenters. The third-order valence-corrected chi connectivity index (χ3v) is 7.38. The molecule has 0 heterocycles. The molecule has 3 heteroatoms. The number of carbonyl (C=O) groups excluding carboxylic acids is 1. The summed E-state index contributed by atoms with van der Waals surface area (Å²) < 4.78 is 5.89. The van der Waals surface area contributed by atoms with Crippen LogP contribution in [0.3, 0.4) is 0 Å². The molecule has 0 atom stereocenters. The number of carbonyl (C=O) groups is 1. The normalized spacial score (nSPS) is 39.4. The first-order valence-corrected chi connectivity index (χ1v) is 10.8. The molecule has 0 amide bonds. The zero-order valence-corrected chi connectivity index (χ0v) is 15.9. The van der Waals surface area contributed by atoms with Gasteiger partial charge in [-0.05, 0) is 94.8 Å². The Hall–Kier alpha value is -1.04. The van der Waals surface area contributed by atoms with Crippen molar-refractivity contribution >= 4 is 5.97 Å². The lowest BCUT2D eigenvalue weighted by Gasteiger charge is -2.37. The van der Waals surface area contributed by atoms with Gasteiger partial charge in [0.05, 0.1) is 12.0 Å². The van der Waals surface area contributed by atoms with Gasteiger partial charge < -0.3 is 4.74 Å². The second kappa shape index (κ2) is 9.06. The van der Waals surface area contributed by atoms with Crippen LogP contribution in [0.5, 0.6) is 0 Å². The van der Waals surface area contributed by atoms with Crippen LogP contribution in [0, 0.1) is 40.9 Å². The van der Waals surface area contributed by atoms with Gasteiger partial charge in [0, 0.05) is 5.92 Å². The van der Waals surface area contributed by atoms with E-state index in [1.165, 1.54) is 44.9 Å². The van der Waals surface area contributed by atoms with E-state index in [1.54, 1.807) is 0 Å². The van der Waals surface area contributed by atoms with Crippen molar-refractivity contribution in [3.05, 3.63) is 0 Å². The molecule has 0 spiro atoms. The van der Waals surface area contributed by atoms with Gasteiger partial charge in [-0.1, -0.05) is 13.3 Å². The van der Waals surface area contributed by atoms with E-state index in [2.05, 4.69) is 13.0 Å². The maximum absolute atomic E-state index is 12.5. The summed E-state index contributed by atoms with van der Waals surface area (Å²) in [5.41, 5.74) is 0. The lowest BCUT2D eigenvalue weighted by molar-refractivity contribution is -0.157. The smallest absolute Gasteiger partial charge is 0.309 e. The molecule has 3 saturated carbocycles. The number of ether oxygens (including phenoxy) is 1. The summed E-state index contributed by atoms with van der Waals surface area (Å²) in [7, 11) is 0. The monoisotopic (exact) mass is 345 g/mol. The maximum Gasteiger partial charge on any atom is 0.309 e. The number of nitriles is 1. The Morgan fingerprint density at radius 3 is 1.96 bits per heavy atom. The average Bonchev–Trinajstić information content (AvgIpc) is 2.68. The Bertz CT molecular complexity index is 459. The van der Waals surface area contributed by atoms with E-state index in [9.17, 15) is 4.79 Å². The van der Waals surface area contributed by atoms with Gasteiger partial charge >= 0.3 is 5.97 Å². The first-order valence-electron chi connectivity index (χ1n) is 10.8. The third-order valence-electron chi connectivity index (χ3n) is 7.38. The highest BCUT2D eigenvalue weighted by Crippen LogP contribution is 2.40. The first kappa shape index (κ1) is 18.7. The summed E-state index contributed by atoms with van der Waals surface area (Å²) in [6.45, 7) is 2.26. The van der Waals surface area contributed by atoms with Gasteiger partial charge in [-0.2, -0.15) is 5.26 Å². The van der Waals surface area contributed by atoms with Crippen molar-refractivity contribution in [2.24, 2.45) is 29.6 Å². The molecule has 0 N–H and O–H groups in total. The maximum atomic E-state index is 12.5. The second-order valence-corrected chi connectivity index (χ2v) is 8.84. The Balaban J connectivity index is 1.37. The lowest BCUT2D eigenvalue weighted by atomic mass is 9.71. The minimum atomic E-state index is 0.0903. The van der Waals surface area contributed by atoms with Crippen molar-refractivity contribution < 1.29 is 9.53 Å². The van der Waals surface area contributed by atoms with Crippen LogP contribution < -0.4 is 0 Å². The summed E-state index contributed by atoms with van der Waals surface area (Å²) >= 11 is 0. The second-order valence-electron chi connectivity index (χ2n) is 8.84. The highest BCUT2D eigenvalue weighted by Gasteiger charge is 2.33. The zero-order valence-electron chi connectivity index (χ0n) is 15.9. The third kappa shape index (κ3) is 4.99. The largest absolute Gasteiger partial charge is 0.462 e. The number of rotatable bonds is 4. The van der Waals surface area contributed by atoms with Crippen LogP contribution in [0.15, 0.2) is 0 Å². The van der Waals surface area contributed by atoms with E-state index in [0.29, 0.717) is 5.92 Å². The predicted molar refractivity (Wildman–Crippen MR) is 98.6 cm³/mol.